The Balaban J connectivity index is 1.91. The molecule has 1 saturated carbocycles. The molecule has 2 unspecified atom stereocenters. The molecule has 1 aromatic rings. The zero-order valence-corrected chi connectivity index (χ0v) is 16.0. The van der Waals surface area contributed by atoms with Crippen LogP contribution in [0.15, 0.2) is 23.1 Å². The van der Waals surface area contributed by atoms with E-state index in [0.29, 0.717) is 24.6 Å². The predicted octanol–water partition coefficient (Wildman–Crippen LogP) is 2.23. The minimum absolute atomic E-state index is 0.0815. The lowest BCUT2D eigenvalue weighted by Gasteiger charge is -2.28. The molecule has 1 aromatic carbocycles. The lowest BCUT2D eigenvalue weighted by Crippen LogP contribution is -2.32. The standard InChI is InChI=1S/C18H28N2O4S/c1-13-8-9-15(25(22,23)19-3)12-16(13)18(21)20-10-11-24-17-7-5-4-6-14(17)2/h8-9,12,14,17,19H,4-7,10-11H2,1-3H3,(H,20,21). The van der Waals surface area contributed by atoms with Gasteiger partial charge in [-0.05, 0) is 50.4 Å². The molecule has 2 atom stereocenters. The van der Waals surface area contributed by atoms with Crippen molar-refractivity contribution in [3.05, 3.63) is 29.3 Å². The van der Waals surface area contributed by atoms with Crippen molar-refractivity contribution in [2.45, 2.75) is 50.5 Å². The smallest absolute Gasteiger partial charge is 0.251 e. The van der Waals surface area contributed by atoms with Gasteiger partial charge in [-0.25, -0.2) is 13.1 Å². The van der Waals surface area contributed by atoms with Crippen LogP contribution in [0.25, 0.3) is 0 Å². The molecule has 6 nitrogen and oxygen atoms in total. The Morgan fingerprint density at radius 2 is 2.00 bits per heavy atom. The highest BCUT2D eigenvalue weighted by Crippen LogP contribution is 2.26. The number of ether oxygens (including phenoxy) is 1. The van der Waals surface area contributed by atoms with E-state index in [0.717, 1.165) is 12.0 Å². The maximum atomic E-state index is 12.4. The van der Waals surface area contributed by atoms with Gasteiger partial charge in [0.1, 0.15) is 0 Å². The second-order valence-corrected chi connectivity index (χ2v) is 8.50. The molecular weight excluding hydrogens is 340 g/mol. The van der Waals surface area contributed by atoms with Crippen LogP contribution in [0.4, 0.5) is 0 Å². The van der Waals surface area contributed by atoms with Crippen LogP contribution in [0.2, 0.25) is 0 Å². The van der Waals surface area contributed by atoms with Crippen molar-refractivity contribution in [3.8, 4) is 0 Å². The largest absolute Gasteiger partial charge is 0.376 e. The van der Waals surface area contributed by atoms with E-state index >= 15 is 0 Å². The van der Waals surface area contributed by atoms with Crippen LogP contribution < -0.4 is 10.0 Å². The van der Waals surface area contributed by atoms with Crippen LogP contribution in [0.5, 0.6) is 0 Å². The van der Waals surface area contributed by atoms with E-state index in [-0.39, 0.29) is 16.9 Å². The number of amides is 1. The number of sulfonamides is 1. The summed E-state index contributed by atoms with van der Waals surface area (Å²) in [5.74, 6) is 0.279. The number of aryl methyl sites for hydroxylation is 1. The first kappa shape index (κ1) is 19.9. The van der Waals surface area contributed by atoms with Crippen LogP contribution in [-0.2, 0) is 14.8 Å². The van der Waals surface area contributed by atoms with Gasteiger partial charge in [-0.2, -0.15) is 0 Å². The number of carbonyl (C=O) groups is 1. The average Bonchev–Trinajstić information content (AvgIpc) is 2.60. The number of rotatable bonds is 7. The third-order valence-corrected chi connectivity index (χ3v) is 6.20. The van der Waals surface area contributed by atoms with Crippen molar-refractivity contribution in [3.63, 3.8) is 0 Å². The molecule has 1 fully saturated rings. The zero-order valence-electron chi connectivity index (χ0n) is 15.2. The fourth-order valence-electron chi connectivity index (χ4n) is 3.13. The Hall–Kier alpha value is -1.44. The van der Waals surface area contributed by atoms with E-state index in [4.69, 9.17) is 4.74 Å². The summed E-state index contributed by atoms with van der Waals surface area (Å²) >= 11 is 0. The van der Waals surface area contributed by atoms with E-state index in [1.807, 2.05) is 0 Å². The topological polar surface area (TPSA) is 84.5 Å². The first-order valence-corrected chi connectivity index (χ1v) is 10.3. The van der Waals surface area contributed by atoms with Gasteiger partial charge in [0.15, 0.2) is 0 Å². The van der Waals surface area contributed by atoms with Crippen molar-refractivity contribution >= 4 is 15.9 Å². The van der Waals surface area contributed by atoms with E-state index in [9.17, 15) is 13.2 Å². The molecule has 7 heteroatoms. The third kappa shape index (κ3) is 5.26. The Morgan fingerprint density at radius 1 is 1.28 bits per heavy atom. The monoisotopic (exact) mass is 368 g/mol. The summed E-state index contributed by atoms with van der Waals surface area (Å²) < 4.78 is 31.9. The maximum Gasteiger partial charge on any atom is 0.251 e. The molecular formula is C18H28N2O4S. The Kier molecular flexibility index (Phi) is 6.98. The summed E-state index contributed by atoms with van der Waals surface area (Å²) in [5.41, 5.74) is 1.09. The molecule has 0 spiro atoms. The molecule has 140 valence electrons. The first-order valence-electron chi connectivity index (χ1n) is 8.79. The number of benzene rings is 1. The average molecular weight is 368 g/mol. The summed E-state index contributed by atoms with van der Waals surface area (Å²) in [6.07, 6.45) is 5.02. The SMILES string of the molecule is CNS(=O)(=O)c1ccc(C)c(C(=O)NCCOC2CCCCC2C)c1. The number of carbonyl (C=O) groups excluding carboxylic acids is 1. The van der Waals surface area contributed by atoms with Gasteiger partial charge in [-0.1, -0.05) is 25.8 Å². The minimum atomic E-state index is -3.57. The van der Waals surface area contributed by atoms with E-state index in [1.54, 1.807) is 13.0 Å². The molecule has 0 aliphatic heterocycles. The molecule has 2 N–H and O–H groups in total. The number of nitrogens with one attached hydrogen (secondary N) is 2. The van der Waals surface area contributed by atoms with E-state index in [1.165, 1.54) is 38.4 Å². The van der Waals surface area contributed by atoms with Crippen molar-refractivity contribution in [2.75, 3.05) is 20.2 Å². The van der Waals surface area contributed by atoms with Gasteiger partial charge in [-0.15, -0.1) is 0 Å². The van der Waals surface area contributed by atoms with Crippen LogP contribution in [0, 0.1) is 12.8 Å². The van der Waals surface area contributed by atoms with Crippen molar-refractivity contribution < 1.29 is 17.9 Å². The lowest BCUT2D eigenvalue weighted by atomic mass is 9.88. The molecule has 25 heavy (non-hydrogen) atoms. The van der Waals surface area contributed by atoms with Crippen molar-refractivity contribution in [1.82, 2.24) is 10.0 Å². The van der Waals surface area contributed by atoms with Crippen molar-refractivity contribution in [2.24, 2.45) is 5.92 Å². The molecule has 0 heterocycles. The normalized spacial score (nSPS) is 21.1. The van der Waals surface area contributed by atoms with Crippen LogP contribution in [-0.4, -0.2) is 40.6 Å². The Morgan fingerprint density at radius 3 is 2.68 bits per heavy atom. The molecule has 0 bridgehead atoms. The number of hydrogen-bond acceptors (Lipinski definition) is 4. The zero-order chi connectivity index (χ0) is 18.4. The summed E-state index contributed by atoms with van der Waals surface area (Å²) in [7, 11) is -2.23. The molecule has 1 aliphatic carbocycles. The van der Waals surface area contributed by atoms with Gasteiger partial charge in [0.25, 0.3) is 5.91 Å². The summed E-state index contributed by atoms with van der Waals surface area (Å²) in [5, 5.41) is 2.81. The molecule has 0 saturated heterocycles. The van der Waals surface area contributed by atoms with Gasteiger partial charge in [0, 0.05) is 12.1 Å². The lowest BCUT2D eigenvalue weighted by molar-refractivity contribution is -0.00294. The highest BCUT2D eigenvalue weighted by Gasteiger charge is 2.21. The Labute approximate surface area is 150 Å². The summed E-state index contributed by atoms with van der Waals surface area (Å²) in [6.45, 7) is 4.86. The maximum absolute atomic E-state index is 12.4. The van der Waals surface area contributed by atoms with Gasteiger partial charge in [0.2, 0.25) is 10.0 Å². The van der Waals surface area contributed by atoms with Gasteiger partial charge < -0.3 is 10.1 Å². The quantitative estimate of drug-likeness (QED) is 0.723. The Bertz CT molecular complexity index is 703. The molecule has 1 amide bonds. The highest BCUT2D eigenvalue weighted by molar-refractivity contribution is 7.89. The van der Waals surface area contributed by atoms with Gasteiger partial charge in [-0.3, -0.25) is 4.79 Å². The first-order chi connectivity index (χ1) is 11.8. The fourth-order valence-corrected chi connectivity index (χ4v) is 3.89. The number of hydrogen-bond donors (Lipinski definition) is 2. The molecule has 0 aromatic heterocycles. The van der Waals surface area contributed by atoms with Crippen molar-refractivity contribution in [1.29, 1.82) is 0 Å². The van der Waals surface area contributed by atoms with E-state index in [2.05, 4.69) is 17.0 Å². The van der Waals surface area contributed by atoms with Crippen LogP contribution >= 0.6 is 0 Å². The van der Waals surface area contributed by atoms with Gasteiger partial charge >= 0.3 is 0 Å². The molecule has 0 radical (unpaired) electrons. The second kappa shape index (κ2) is 8.78. The van der Waals surface area contributed by atoms with Crippen LogP contribution in [0.1, 0.15) is 48.5 Å². The summed E-state index contributed by atoms with van der Waals surface area (Å²) in [4.78, 5) is 12.4. The minimum Gasteiger partial charge on any atom is -0.376 e. The van der Waals surface area contributed by atoms with Gasteiger partial charge in [0.05, 0.1) is 17.6 Å². The summed E-state index contributed by atoms with van der Waals surface area (Å²) in [6, 6.07) is 4.53. The second-order valence-electron chi connectivity index (χ2n) is 6.61. The third-order valence-electron chi connectivity index (χ3n) is 4.79. The fraction of sp³-hybridized carbons (Fsp3) is 0.611. The predicted molar refractivity (Wildman–Crippen MR) is 97.1 cm³/mol. The van der Waals surface area contributed by atoms with E-state index < -0.39 is 10.0 Å². The van der Waals surface area contributed by atoms with Crippen LogP contribution in [0.3, 0.4) is 0 Å². The molecule has 1 aliphatic rings. The molecule has 2 rings (SSSR count). The highest BCUT2D eigenvalue weighted by atomic mass is 32.2.